The molecule has 0 bridgehead atoms. The highest BCUT2D eigenvalue weighted by Gasteiger charge is 2.59. The van der Waals surface area contributed by atoms with E-state index in [1.165, 1.54) is 37.7 Å². The summed E-state index contributed by atoms with van der Waals surface area (Å²) in [6, 6.07) is 0.493. The Morgan fingerprint density at radius 1 is 1.08 bits per heavy atom. The molecule has 0 aromatic rings. The predicted molar refractivity (Wildman–Crippen MR) is 156 cm³/mol. The number of ketones is 1. The van der Waals surface area contributed by atoms with Crippen LogP contribution < -0.4 is 5.32 Å². The number of hydrogen-bond donors (Lipinski definition) is 1. The first kappa shape index (κ1) is 28.8. The Hall–Kier alpha value is -1.69. The minimum absolute atomic E-state index is 0.0721. The quantitative estimate of drug-likeness (QED) is 0.221. The zero-order valence-electron chi connectivity index (χ0n) is 25.6. The first-order valence-corrected chi connectivity index (χ1v) is 15.9. The number of amides is 1. The molecule has 1 aliphatic heterocycles. The van der Waals surface area contributed by atoms with Gasteiger partial charge in [0.05, 0.1) is 5.71 Å². The predicted octanol–water partition coefficient (Wildman–Crippen LogP) is 7.14. The van der Waals surface area contributed by atoms with Gasteiger partial charge in [-0.15, -0.1) is 0 Å². The van der Waals surface area contributed by atoms with Crippen LogP contribution >= 0.6 is 0 Å². The SMILES string of the molecule is C/C(=N\OC(=O)N(CCC1NCCC1(C)C)C(C)C)[C@H]1CC[C@H]2[C@@H]3CCC4=CC(=O)CC[C@]4(C)[C@H]3CC[C@]12C. The van der Waals surface area contributed by atoms with Gasteiger partial charge in [-0.25, -0.2) is 4.79 Å². The molecule has 1 saturated heterocycles. The van der Waals surface area contributed by atoms with Crippen LogP contribution in [0.25, 0.3) is 0 Å². The van der Waals surface area contributed by atoms with Crippen LogP contribution in [0.5, 0.6) is 0 Å². The molecule has 1 N–H and O–H groups in total. The third-order valence-electron chi connectivity index (χ3n) is 12.4. The van der Waals surface area contributed by atoms with E-state index in [9.17, 15) is 9.59 Å². The summed E-state index contributed by atoms with van der Waals surface area (Å²) in [5.41, 5.74) is 3.10. The zero-order chi connectivity index (χ0) is 28.2. The lowest BCUT2D eigenvalue weighted by Gasteiger charge is -2.58. The van der Waals surface area contributed by atoms with Gasteiger partial charge < -0.3 is 10.2 Å². The molecule has 218 valence electrons. The van der Waals surface area contributed by atoms with Gasteiger partial charge >= 0.3 is 6.09 Å². The van der Waals surface area contributed by atoms with Crippen LogP contribution in [0.4, 0.5) is 4.79 Å². The minimum Gasteiger partial charge on any atom is -0.313 e. The lowest BCUT2D eigenvalue weighted by Crippen LogP contribution is -2.51. The maximum Gasteiger partial charge on any atom is 0.436 e. The molecule has 7 atom stereocenters. The van der Waals surface area contributed by atoms with Crippen molar-refractivity contribution in [3.05, 3.63) is 11.6 Å². The normalized spacial score (nSPS) is 39.6. The van der Waals surface area contributed by atoms with Gasteiger partial charge in [-0.2, -0.15) is 0 Å². The molecule has 5 aliphatic rings. The smallest absolute Gasteiger partial charge is 0.313 e. The molecule has 1 heterocycles. The lowest BCUT2D eigenvalue weighted by atomic mass is 9.46. The van der Waals surface area contributed by atoms with Gasteiger partial charge in [-0.1, -0.05) is 38.4 Å². The number of oxime groups is 1. The molecular formula is C33H53N3O3. The van der Waals surface area contributed by atoms with Crippen molar-refractivity contribution in [3.63, 3.8) is 0 Å². The molecule has 1 amide bonds. The van der Waals surface area contributed by atoms with Gasteiger partial charge in [0.1, 0.15) is 0 Å². The molecule has 6 heteroatoms. The number of hydrogen-bond acceptors (Lipinski definition) is 5. The lowest BCUT2D eigenvalue weighted by molar-refractivity contribution is -0.117. The molecule has 3 saturated carbocycles. The van der Waals surface area contributed by atoms with Crippen LogP contribution in [0.2, 0.25) is 0 Å². The second kappa shape index (κ2) is 10.6. The Kier molecular flexibility index (Phi) is 7.84. The Labute approximate surface area is 236 Å². The highest BCUT2D eigenvalue weighted by atomic mass is 16.7. The van der Waals surface area contributed by atoms with Gasteiger partial charge in [0.25, 0.3) is 0 Å². The second-order valence-electron chi connectivity index (χ2n) is 15.1. The molecule has 6 nitrogen and oxygen atoms in total. The fraction of sp³-hybridized carbons (Fsp3) is 0.848. The number of rotatable bonds is 6. The fourth-order valence-corrected chi connectivity index (χ4v) is 9.81. The van der Waals surface area contributed by atoms with Gasteiger partial charge in [-0.05, 0) is 125 Å². The Morgan fingerprint density at radius 2 is 1.85 bits per heavy atom. The van der Waals surface area contributed by atoms with Crippen LogP contribution in [-0.2, 0) is 9.63 Å². The van der Waals surface area contributed by atoms with E-state index >= 15 is 0 Å². The van der Waals surface area contributed by atoms with Gasteiger partial charge in [0.2, 0.25) is 0 Å². The number of carbonyl (C=O) groups excluding carboxylic acids is 2. The second-order valence-corrected chi connectivity index (χ2v) is 15.1. The minimum atomic E-state index is -0.324. The van der Waals surface area contributed by atoms with Crippen molar-refractivity contribution < 1.29 is 14.4 Å². The molecule has 4 aliphatic carbocycles. The van der Waals surface area contributed by atoms with E-state index in [0.29, 0.717) is 42.5 Å². The first-order chi connectivity index (χ1) is 18.4. The third-order valence-corrected chi connectivity index (χ3v) is 12.4. The summed E-state index contributed by atoms with van der Waals surface area (Å²) in [5, 5.41) is 8.12. The zero-order valence-corrected chi connectivity index (χ0v) is 25.6. The Bertz CT molecular complexity index is 1030. The molecule has 39 heavy (non-hydrogen) atoms. The summed E-state index contributed by atoms with van der Waals surface area (Å²) in [5.74, 6) is 2.80. The summed E-state index contributed by atoms with van der Waals surface area (Å²) in [6.07, 6.45) is 12.6. The van der Waals surface area contributed by atoms with E-state index in [1.54, 1.807) is 0 Å². The average molecular weight is 540 g/mol. The largest absolute Gasteiger partial charge is 0.436 e. The van der Waals surface area contributed by atoms with Crippen LogP contribution in [0.15, 0.2) is 16.8 Å². The highest BCUT2D eigenvalue weighted by molar-refractivity contribution is 5.91. The van der Waals surface area contributed by atoms with Gasteiger partial charge in [0, 0.05) is 31.0 Å². The first-order valence-electron chi connectivity index (χ1n) is 15.9. The van der Waals surface area contributed by atoms with E-state index in [2.05, 4.69) is 58.9 Å². The highest BCUT2D eigenvalue weighted by Crippen LogP contribution is 2.66. The van der Waals surface area contributed by atoms with Crippen molar-refractivity contribution in [3.8, 4) is 0 Å². The number of fused-ring (bicyclic) bond motifs is 5. The standard InChI is InChI=1S/C33H53N3O3/c1-21(2)36(19-14-29-31(4,5)17-18-34-29)30(38)39-35-22(3)26-10-11-27-25-9-8-23-20-24(37)12-15-32(23,6)28(25)13-16-33(26,27)7/h20-21,25-29,34H,8-19H2,1-7H3/b35-22+/t25-,26+,27-,28-,29?,32-,33+/m0/s1. The van der Waals surface area contributed by atoms with Crippen LogP contribution in [-0.4, -0.2) is 47.7 Å². The van der Waals surface area contributed by atoms with Crippen LogP contribution in [0.1, 0.15) is 113 Å². The fourth-order valence-electron chi connectivity index (χ4n) is 9.81. The molecule has 1 unspecified atom stereocenters. The third kappa shape index (κ3) is 5.13. The molecular weight excluding hydrogens is 486 g/mol. The van der Waals surface area contributed by atoms with E-state index in [0.717, 1.165) is 43.9 Å². The molecule has 4 fully saturated rings. The van der Waals surface area contributed by atoms with Gasteiger partial charge in [0.15, 0.2) is 5.78 Å². The van der Waals surface area contributed by atoms with Crippen molar-refractivity contribution in [2.45, 2.75) is 125 Å². The molecule has 0 aromatic carbocycles. The molecule has 0 radical (unpaired) electrons. The number of nitrogens with zero attached hydrogens (tertiary/aromatic N) is 2. The van der Waals surface area contributed by atoms with Crippen molar-refractivity contribution in [1.82, 2.24) is 10.2 Å². The van der Waals surface area contributed by atoms with Crippen molar-refractivity contribution >= 4 is 17.6 Å². The van der Waals surface area contributed by atoms with Crippen LogP contribution in [0.3, 0.4) is 0 Å². The summed E-state index contributed by atoms with van der Waals surface area (Å²) >= 11 is 0. The van der Waals surface area contributed by atoms with E-state index in [1.807, 2.05) is 11.0 Å². The van der Waals surface area contributed by atoms with E-state index < -0.39 is 0 Å². The molecule has 5 rings (SSSR count). The van der Waals surface area contributed by atoms with Crippen molar-refractivity contribution in [2.24, 2.45) is 45.1 Å². The monoisotopic (exact) mass is 539 g/mol. The van der Waals surface area contributed by atoms with Crippen LogP contribution in [0, 0.1) is 39.9 Å². The van der Waals surface area contributed by atoms with Gasteiger partial charge in [-0.3, -0.25) is 9.63 Å². The maximum absolute atomic E-state index is 13.2. The van der Waals surface area contributed by atoms with E-state index in [-0.39, 0.29) is 28.4 Å². The summed E-state index contributed by atoms with van der Waals surface area (Å²) in [7, 11) is 0. The average Bonchev–Trinajstić information content (AvgIpc) is 3.41. The van der Waals surface area contributed by atoms with Crippen molar-refractivity contribution in [2.75, 3.05) is 13.1 Å². The van der Waals surface area contributed by atoms with E-state index in [4.69, 9.17) is 4.84 Å². The maximum atomic E-state index is 13.2. The summed E-state index contributed by atoms with van der Waals surface area (Å²) in [4.78, 5) is 32.8. The number of nitrogens with one attached hydrogen (secondary N) is 1. The summed E-state index contributed by atoms with van der Waals surface area (Å²) in [6.45, 7) is 17.5. The molecule has 0 aromatic heterocycles. The topological polar surface area (TPSA) is 71.0 Å². The summed E-state index contributed by atoms with van der Waals surface area (Å²) < 4.78 is 0. The number of allylic oxidation sites excluding steroid dienone is 1. The number of carbonyl (C=O) groups is 2. The Morgan fingerprint density at radius 3 is 2.54 bits per heavy atom. The molecule has 0 spiro atoms. The Balaban J connectivity index is 1.23. The van der Waals surface area contributed by atoms with Crippen molar-refractivity contribution in [1.29, 1.82) is 0 Å².